The lowest BCUT2D eigenvalue weighted by Crippen LogP contribution is -2.29. The largest absolute Gasteiger partial charge is 0.396 e. The maximum absolute atomic E-state index is 12.0. The van der Waals surface area contributed by atoms with Gasteiger partial charge in [-0.2, -0.15) is 0 Å². The van der Waals surface area contributed by atoms with Crippen molar-refractivity contribution < 1.29 is 18.3 Å². The summed E-state index contributed by atoms with van der Waals surface area (Å²) in [5, 5.41) is 8.87. The van der Waals surface area contributed by atoms with Crippen molar-refractivity contribution in [3.05, 3.63) is 29.8 Å². The Morgan fingerprint density at radius 2 is 2.11 bits per heavy atom. The van der Waals surface area contributed by atoms with Crippen LogP contribution in [-0.2, 0) is 10.0 Å². The van der Waals surface area contributed by atoms with Gasteiger partial charge in [-0.3, -0.25) is 4.79 Å². The molecule has 0 bridgehead atoms. The van der Waals surface area contributed by atoms with Gasteiger partial charge < -0.3 is 5.11 Å². The van der Waals surface area contributed by atoms with Crippen LogP contribution in [0.2, 0.25) is 0 Å². The molecule has 106 valence electrons. The smallest absolute Gasteiger partial charge is 0.240 e. The normalized spacial score (nSPS) is 13.2. The molecule has 1 atom stereocenters. The number of benzene rings is 1. The second-order valence-electron chi connectivity index (χ2n) is 4.44. The molecule has 0 spiro atoms. The minimum absolute atomic E-state index is 0.0666. The van der Waals surface area contributed by atoms with Crippen LogP contribution in [-0.4, -0.2) is 32.5 Å². The SMILES string of the molecule is CCC(=O)c1cccc(S(=O)(=O)NCC(C)CO)c1. The minimum Gasteiger partial charge on any atom is -0.396 e. The van der Waals surface area contributed by atoms with Gasteiger partial charge in [0.15, 0.2) is 5.78 Å². The zero-order chi connectivity index (χ0) is 14.5. The van der Waals surface area contributed by atoms with E-state index in [1.165, 1.54) is 12.1 Å². The first kappa shape index (κ1) is 15.8. The topological polar surface area (TPSA) is 83.5 Å². The molecular weight excluding hydrogens is 266 g/mol. The van der Waals surface area contributed by atoms with E-state index in [2.05, 4.69) is 4.72 Å². The number of ketones is 1. The molecule has 0 aliphatic carbocycles. The molecule has 1 unspecified atom stereocenters. The van der Waals surface area contributed by atoms with Crippen LogP contribution in [0, 0.1) is 5.92 Å². The summed E-state index contributed by atoms with van der Waals surface area (Å²) in [6.45, 7) is 3.53. The van der Waals surface area contributed by atoms with Gasteiger partial charge in [0.25, 0.3) is 0 Å². The number of rotatable bonds is 7. The van der Waals surface area contributed by atoms with E-state index in [1.54, 1.807) is 26.0 Å². The lowest BCUT2D eigenvalue weighted by molar-refractivity contribution is 0.0988. The number of carbonyl (C=O) groups excluding carboxylic acids is 1. The van der Waals surface area contributed by atoms with Gasteiger partial charge in [0.05, 0.1) is 4.90 Å². The monoisotopic (exact) mass is 285 g/mol. The summed E-state index contributed by atoms with van der Waals surface area (Å²) >= 11 is 0. The van der Waals surface area contributed by atoms with Crippen LogP contribution in [0.5, 0.6) is 0 Å². The van der Waals surface area contributed by atoms with Crippen molar-refractivity contribution in [3.63, 3.8) is 0 Å². The second kappa shape index (κ2) is 6.79. The van der Waals surface area contributed by atoms with Gasteiger partial charge in [0.1, 0.15) is 0 Å². The molecule has 1 aromatic rings. The molecular formula is C13H19NO4S. The molecule has 5 nitrogen and oxygen atoms in total. The molecule has 1 rings (SSSR count). The highest BCUT2D eigenvalue weighted by Gasteiger charge is 2.16. The van der Waals surface area contributed by atoms with Crippen LogP contribution < -0.4 is 4.72 Å². The van der Waals surface area contributed by atoms with Gasteiger partial charge >= 0.3 is 0 Å². The molecule has 1 aromatic carbocycles. The third kappa shape index (κ3) is 4.41. The van der Waals surface area contributed by atoms with Gasteiger partial charge in [-0.25, -0.2) is 13.1 Å². The number of hydrogen-bond acceptors (Lipinski definition) is 4. The molecule has 0 amide bonds. The van der Waals surface area contributed by atoms with E-state index in [-0.39, 0.29) is 29.7 Å². The lowest BCUT2D eigenvalue weighted by Gasteiger charge is -2.11. The first-order valence-corrected chi connectivity index (χ1v) is 7.62. The summed E-state index contributed by atoms with van der Waals surface area (Å²) in [5.74, 6) is -0.254. The summed E-state index contributed by atoms with van der Waals surface area (Å²) in [6, 6.07) is 5.96. The molecule has 0 fully saturated rings. The third-order valence-electron chi connectivity index (χ3n) is 2.72. The number of Topliss-reactive ketones (excluding diaryl/α,β-unsaturated/α-hetero) is 1. The van der Waals surface area contributed by atoms with E-state index < -0.39 is 10.0 Å². The fraction of sp³-hybridized carbons (Fsp3) is 0.462. The Kier molecular flexibility index (Phi) is 5.65. The summed E-state index contributed by atoms with van der Waals surface area (Å²) in [7, 11) is -3.64. The third-order valence-corrected chi connectivity index (χ3v) is 4.14. The zero-order valence-electron chi connectivity index (χ0n) is 11.1. The Morgan fingerprint density at radius 1 is 1.42 bits per heavy atom. The Bertz CT molecular complexity index is 539. The maximum Gasteiger partial charge on any atom is 0.240 e. The molecule has 2 N–H and O–H groups in total. The number of sulfonamides is 1. The summed E-state index contributed by atoms with van der Waals surface area (Å²) < 4.78 is 26.4. The van der Waals surface area contributed by atoms with Crippen LogP contribution in [0.15, 0.2) is 29.2 Å². The fourth-order valence-electron chi connectivity index (χ4n) is 1.44. The van der Waals surface area contributed by atoms with E-state index in [9.17, 15) is 13.2 Å². The van der Waals surface area contributed by atoms with Crippen molar-refractivity contribution in [2.45, 2.75) is 25.2 Å². The Morgan fingerprint density at radius 3 is 2.68 bits per heavy atom. The molecule has 0 radical (unpaired) electrons. The highest BCUT2D eigenvalue weighted by Crippen LogP contribution is 2.13. The minimum atomic E-state index is -3.64. The Hall–Kier alpha value is -1.24. The van der Waals surface area contributed by atoms with Crippen LogP contribution >= 0.6 is 0 Å². The summed E-state index contributed by atoms with van der Waals surface area (Å²) in [5.41, 5.74) is 0.389. The van der Waals surface area contributed by atoms with Crippen molar-refractivity contribution >= 4 is 15.8 Å². The molecule has 0 aliphatic rings. The number of aliphatic hydroxyl groups excluding tert-OH is 1. The predicted molar refractivity (Wildman–Crippen MR) is 72.5 cm³/mol. The van der Waals surface area contributed by atoms with Crippen LogP contribution in [0.25, 0.3) is 0 Å². The average Bonchev–Trinajstić information content (AvgIpc) is 2.44. The lowest BCUT2D eigenvalue weighted by atomic mass is 10.1. The molecule has 19 heavy (non-hydrogen) atoms. The van der Waals surface area contributed by atoms with Crippen molar-refractivity contribution in [2.24, 2.45) is 5.92 Å². The first-order chi connectivity index (χ1) is 8.90. The summed E-state index contributed by atoms with van der Waals surface area (Å²) in [6.07, 6.45) is 0.332. The van der Waals surface area contributed by atoms with Gasteiger partial charge in [0.2, 0.25) is 10.0 Å². The van der Waals surface area contributed by atoms with Crippen molar-refractivity contribution in [2.75, 3.05) is 13.2 Å². The number of hydrogen-bond donors (Lipinski definition) is 2. The van der Waals surface area contributed by atoms with Crippen molar-refractivity contribution in [1.29, 1.82) is 0 Å². The molecule has 0 saturated heterocycles. The van der Waals surface area contributed by atoms with Crippen LogP contribution in [0.1, 0.15) is 30.6 Å². The van der Waals surface area contributed by atoms with Gasteiger partial charge in [-0.15, -0.1) is 0 Å². The molecule has 0 aliphatic heterocycles. The number of aliphatic hydroxyl groups is 1. The quantitative estimate of drug-likeness (QED) is 0.737. The number of nitrogens with one attached hydrogen (secondary N) is 1. The molecule has 0 aromatic heterocycles. The van der Waals surface area contributed by atoms with E-state index in [0.29, 0.717) is 12.0 Å². The molecule has 0 saturated carbocycles. The highest BCUT2D eigenvalue weighted by atomic mass is 32.2. The fourth-order valence-corrected chi connectivity index (χ4v) is 2.65. The molecule has 0 heterocycles. The average molecular weight is 285 g/mol. The van der Waals surface area contributed by atoms with Gasteiger partial charge in [-0.05, 0) is 18.1 Å². The standard InChI is InChI=1S/C13H19NO4S/c1-3-13(16)11-5-4-6-12(7-11)19(17,18)14-8-10(2)9-15/h4-7,10,14-15H,3,8-9H2,1-2H3. The van der Waals surface area contributed by atoms with Gasteiger partial charge in [-0.1, -0.05) is 26.0 Å². The first-order valence-electron chi connectivity index (χ1n) is 6.14. The van der Waals surface area contributed by atoms with Crippen molar-refractivity contribution in [1.82, 2.24) is 4.72 Å². The van der Waals surface area contributed by atoms with Crippen LogP contribution in [0.4, 0.5) is 0 Å². The second-order valence-corrected chi connectivity index (χ2v) is 6.21. The van der Waals surface area contributed by atoms with E-state index >= 15 is 0 Å². The van der Waals surface area contributed by atoms with Gasteiger partial charge in [0, 0.05) is 25.1 Å². The Balaban J connectivity index is 2.92. The van der Waals surface area contributed by atoms with E-state index in [0.717, 1.165) is 0 Å². The zero-order valence-corrected chi connectivity index (χ0v) is 11.9. The summed E-state index contributed by atoms with van der Waals surface area (Å²) in [4.78, 5) is 11.6. The number of carbonyl (C=O) groups is 1. The van der Waals surface area contributed by atoms with E-state index in [1.807, 2.05) is 0 Å². The Labute approximate surface area is 113 Å². The predicted octanol–water partition coefficient (Wildman–Crippen LogP) is 1.19. The van der Waals surface area contributed by atoms with Crippen LogP contribution in [0.3, 0.4) is 0 Å². The van der Waals surface area contributed by atoms with Crippen molar-refractivity contribution in [3.8, 4) is 0 Å². The highest BCUT2D eigenvalue weighted by molar-refractivity contribution is 7.89. The molecule has 6 heteroatoms. The maximum atomic E-state index is 12.0. The van der Waals surface area contributed by atoms with E-state index in [4.69, 9.17) is 5.11 Å².